The van der Waals surface area contributed by atoms with Gasteiger partial charge in [0.2, 0.25) is 0 Å². The summed E-state index contributed by atoms with van der Waals surface area (Å²) in [6.45, 7) is 13.2. The van der Waals surface area contributed by atoms with Crippen LogP contribution in [0, 0.1) is 0 Å². The monoisotopic (exact) mass is 458 g/mol. The summed E-state index contributed by atoms with van der Waals surface area (Å²) in [5.74, 6) is 1.92. The molecular formula is C20H26Cl2O2Zr. The Morgan fingerprint density at radius 3 is 1.24 bits per heavy atom. The van der Waals surface area contributed by atoms with Crippen molar-refractivity contribution in [1.82, 2.24) is 0 Å². The van der Waals surface area contributed by atoms with Gasteiger partial charge >= 0.3 is 153 Å². The Hall–Kier alpha value is -0.497. The molecule has 2 aromatic carbocycles. The molecule has 0 saturated carbocycles. The first kappa shape index (κ1) is 24.5. The molecule has 0 saturated heterocycles. The quantitative estimate of drug-likeness (QED) is 0.622. The summed E-state index contributed by atoms with van der Waals surface area (Å²) in [7, 11) is 0. The van der Waals surface area contributed by atoms with Crippen LogP contribution in [0.5, 0.6) is 11.5 Å². The van der Waals surface area contributed by atoms with Gasteiger partial charge in [-0.05, 0) is 0 Å². The summed E-state index contributed by atoms with van der Waals surface area (Å²) in [6, 6.07) is 16.5. The van der Waals surface area contributed by atoms with E-state index in [1.807, 2.05) is 24.3 Å². The van der Waals surface area contributed by atoms with Crippen molar-refractivity contribution >= 4 is 0 Å². The molecule has 2 nitrogen and oxygen atoms in total. The number of hydrogen-bond acceptors (Lipinski definition) is 2. The molecule has 0 radical (unpaired) electrons. The molecule has 0 N–H and O–H groups in total. The van der Waals surface area contributed by atoms with Gasteiger partial charge in [-0.1, -0.05) is 0 Å². The number of para-hydroxylation sites is 2. The molecule has 0 spiro atoms. The van der Waals surface area contributed by atoms with E-state index in [1.165, 1.54) is 11.1 Å². The molecule has 2 aromatic rings. The minimum absolute atomic E-state index is 0. The number of benzene rings is 2. The second-order valence-electron chi connectivity index (χ2n) is 7.78. The molecule has 0 aromatic heterocycles. The van der Waals surface area contributed by atoms with Crippen molar-refractivity contribution in [1.29, 1.82) is 0 Å². The van der Waals surface area contributed by atoms with Crippen LogP contribution in [0.25, 0.3) is 0 Å². The van der Waals surface area contributed by atoms with E-state index in [2.05, 4.69) is 65.8 Å². The van der Waals surface area contributed by atoms with E-state index in [9.17, 15) is 0 Å². The Bertz CT molecular complexity index is 604. The van der Waals surface area contributed by atoms with Crippen molar-refractivity contribution in [3.8, 4) is 11.5 Å². The predicted molar refractivity (Wildman–Crippen MR) is 91.5 cm³/mol. The molecule has 0 aliphatic rings. The summed E-state index contributed by atoms with van der Waals surface area (Å²) < 4.78 is 12.2. The Balaban J connectivity index is 0.00000288. The largest absolute Gasteiger partial charge is 1.00 e. The number of rotatable bonds is 4. The Morgan fingerprint density at radius 2 is 0.920 bits per heavy atom. The summed E-state index contributed by atoms with van der Waals surface area (Å²) in [5, 5.41) is 0. The number of halogens is 2. The minimum Gasteiger partial charge on any atom is -1.00 e. The maximum Gasteiger partial charge on any atom is -1.00 e. The third-order valence-corrected chi connectivity index (χ3v) is 5.18. The first-order valence-corrected chi connectivity index (χ1v) is 9.98. The van der Waals surface area contributed by atoms with Gasteiger partial charge in [-0.15, -0.1) is 0 Å². The van der Waals surface area contributed by atoms with Gasteiger partial charge < -0.3 is 24.8 Å². The molecule has 0 amide bonds. The van der Waals surface area contributed by atoms with E-state index in [0.717, 1.165) is 11.5 Å². The van der Waals surface area contributed by atoms with Crippen LogP contribution in [-0.2, 0) is 34.9 Å². The SMILES string of the molecule is CC(C)(C)c1ccccc1[O][Zr+2][O]c1ccccc1C(C)(C)C.[Cl-].[Cl-]. The summed E-state index contributed by atoms with van der Waals surface area (Å²) in [6.07, 6.45) is 0. The van der Waals surface area contributed by atoms with E-state index in [0.29, 0.717) is 0 Å². The van der Waals surface area contributed by atoms with Crippen LogP contribution in [0.2, 0.25) is 0 Å². The molecule has 0 aliphatic heterocycles. The average molecular weight is 461 g/mol. The maximum absolute atomic E-state index is 6.08. The van der Waals surface area contributed by atoms with Gasteiger partial charge in [-0.2, -0.15) is 0 Å². The van der Waals surface area contributed by atoms with Crippen LogP contribution in [-0.4, -0.2) is 0 Å². The normalized spacial score (nSPS) is 10.8. The Kier molecular flexibility index (Phi) is 9.80. The van der Waals surface area contributed by atoms with Gasteiger partial charge in [0, 0.05) is 0 Å². The van der Waals surface area contributed by atoms with E-state index >= 15 is 0 Å². The molecule has 0 bridgehead atoms. The standard InChI is InChI=1S/2C10H14O.2ClH.Zr/c2*1-10(2,3)8-6-4-5-7-9(8)11;;;/h2*4-7,11H,1-3H3;2*1H;/q;;;;+4/p-4. The first-order chi connectivity index (χ1) is 10.7. The summed E-state index contributed by atoms with van der Waals surface area (Å²) in [4.78, 5) is 0. The Morgan fingerprint density at radius 1 is 0.600 bits per heavy atom. The molecule has 5 heteroatoms. The van der Waals surface area contributed by atoms with Crippen LogP contribution in [0.3, 0.4) is 0 Å². The smallest absolute Gasteiger partial charge is 1.00 e. The van der Waals surface area contributed by atoms with Crippen molar-refractivity contribution in [2.75, 3.05) is 0 Å². The fourth-order valence-corrected chi connectivity index (χ4v) is 3.88. The van der Waals surface area contributed by atoms with Gasteiger partial charge in [0.15, 0.2) is 0 Å². The van der Waals surface area contributed by atoms with Gasteiger partial charge in [0.05, 0.1) is 0 Å². The van der Waals surface area contributed by atoms with Crippen molar-refractivity contribution in [3.05, 3.63) is 59.7 Å². The molecule has 2 rings (SSSR count). The fraction of sp³-hybridized carbons (Fsp3) is 0.400. The van der Waals surface area contributed by atoms with E-state index in [1.54, 1.807) is 0 Å². The third-order valence-electron chi connectivity index (χ3n) is 3.69. The zero-order chi connectivity index (χ0) is 17.1. The molecule has 25 heavy (non-hydrogen) atoms. The zero-order valence-corrected chi connectivity index (χ0v) is 19.7. The molecule has 0 unspecified atom stereocenters. The van der Waals surface area contributed by atoms with Crippen molar-refractivity contribution in [2.45, 2.75) is 52.4 Å². The van der Waals surface area contributed by atoms with Crippen LogP contribution < -0.4 is 30.4 Å². The van der Waals surface area contributed by atoms with Gasteiger partial charge in [0.1, 0.15) is 0 Å². The van der Waals surface area contributed by atoms with Crippen LogP contribution in [0.4, 0.5) is 0 Å². The molecule has 0 fully saturated rings. The topological polar surface area (TPSA) is 18.5 Å². The zero-order valence-electron chi connectivity index (χ0n) is 15.7. The van der Waals surface area contributed by atoms with Gasteiger partial charge in [0.25, 0.3) is 0 Å². The second-order valence-corrected chi connectivity index (χ2v) is 9.19. The Labute approximate surface area is 177 Å². The van der Waals surface area contributed by atoms with Crippen LogP contribution in [0.1, 0.15) is 52.7 Å². The molecule has 0 heterocycles. The van der Waals surface area contributed by atoms with E-state index in [-0.39, 0.29) is 35.6 Å². The van der Waals surface area contributed by atoms with Gasteiger partial charge in [-0.3, -0.25) is 0 Å². The van der Waals surface area contributed by atoms with Crippen molar-refractivity contribution < 1.29 is 54.6 Å². The van der Waals surface area contributed by atoms with Crippen molar-refractivity contribution in [2.24, 2.45) is 0 Å². The second kappa shape index (κ2) is 10.00. The van der Waals surface area contributed by atoms with E-state index in [4.69, 9.17) is 5.63 Å². The molecule has 0 atom stereocenters. The average Bonchev–Trinajstić information content (AvgIpc) is 2.46. The third kappa shape index (κ3) is 6.96. The maximum atomic E-state index is 6.08. The van der Waals surface area contributed by atoms with E-state index < -0.39 is 24.1 Å². The van der Waals surface area contributed by atoms with Crippen LogP contribution >= 0.6 is 0 Å². The van der Waals surface area contributed by atoms with Gasteiger partial charge in [-0.25, -0.2) is 0 Å². The summed E-state index contributed by atoms with van der Waals surface area (Å²) in [5.41, 5.74) is 2.60. The van der Waals surface area contributed by atoms with Crippen LogP contribution in [0.15, 0.2) is 48.5 Å². The summed E-state index contributed by atoms with van der Waals surface area (Å²) >= 11 is -1.45. The molecule has 136 valence electrons. The fourth-order valence-electron chi connectivity index (χ4n) is 2.46. The predicted octanol–water partition coefficient (Wildman–Crippen LogP) is -0.340. The number of hydrogen-bond donors (Lipinski definition) is 0. The minimum atomic E-state index is -1.45. The van der Waals surface area contributed by atoms with Crippen molar-refractivity contribution in [3.63, 3.8) is 0 Å². The first-order valence-electron chi connectivity index (χ1n) is 7.97. The molecule has 0 aliphatic carbocycles. The molecular weight excluding hydrogens is 434 g/mol.